The number of halogens is 2. The Labute approximate surface area is 165 Å². The van der Waals surface area contributed by atoms with Gasteiger partial charge in [0.2, 0.25) is 0 Å². The summed E-state index contributed by atoms with van der Waals surface area (Å²) in [5.74, 6) is 0.407. The highest BCUT2D eigenvalue weighted by Gasteiger charge is 2.14. The molecule has 0 aliphatic carbocycles. The van der Waals surface area contributed by atoms with E-state index in [9.17, 15) is 4.79 Å². The third-order valence-corrected chi connectivity index (χ3v) is 4.19. The maximum atomic E-state index is 12.6. The third-order valence-electron chi connectivity index (χ3n) is 3.56. The number of nitriles is 1. The summed E-state index contributed by atoms with van der Waals surface area (Å²) in [6.45, 7) is 1.68. The first-order valence-corrected chi connectivity index (χ1v) is 8.60. The Morgan fingerprint density at radius 1 is 1.07 bits per heavy atom. The fourth-order valence-electron chi connectivity index (χ4n) is 2.32. The smallest absolute Gasteiger partial charge is 0.274 e. The van der Waals surface area contributed by atoms with E-state index in [0.717, 1.165) is 5.69 Å². The Morgan fingerprint density at radius 2 is 1.74 bits per heavy atom. The van der Waals surface area contributed by atoms with Gasteiger partial charge in [-0.05, 0) is 43.3 Å². The van der Waals surface area contributed by atoms with Gasteiger partial charge >= 0.3 is 0 Å². The van der Waals surface area contributed by atoms with E-state index in [4.69, 9.17) is 28.5 Å². The van der Waals surface area contributed by atoms with Crippen molar-refractivity contribution in [1.29, 1.82) is 5.26 Å². The van der Waals surface area contributed by atoms with Crippen LogP contribution in [-0.2, 0) is 0 Å². The van der Waals surface area contributed by atoms with Gasteiger partial charge in [0.05, 0.1) is 27.4 Å². The Balaban J connectivity index is 1.84. The summed E-state index contributed by atoms with van der Waals surface area (Å²) in [4.78, 5) is 21.0. The standard InChI is InChI=1S/C19H13Cl2N5O/c1-11-23-16(19(27)26-18-14(20)3-2-4-15(18)21)9-17(24-11)25-13-7-5-12(10-22)6-8-13/h2-9H,1H3,(H,26,27)(H,23,24,25). The second-order valence-electron chi connectivity index (χ2n) is 5.55. The number of carbonyl (C=O) groups is 1. The lowest BCUT2D eigenvalue weighted by Gasteiger charge is -2.11. The predicted octanol–water partition coefficient (Wildman–Crippen LogP) is 4.96. The van der Waals surface area contributed by atoms with Gasteiger partial charge in [-0.1, -0.05) is 29.3 Å². The molecule has 8 heteroatoms. The summed E-state index contributed by atoms with van der Waals surface area (Å²) in [5.41, 5.74) is 1.77. The van der Waals surface area contributed by atoms with Gasteiger partial charge in [-0.25, -0.2) is 9.97 Å². The predicted molar refractivity (Wildman–Crippen MR) is 106 cm³/mol. The number of amides is 1. The van der Waals surface area contributed by atoms with Crippen molar-refractivity contribution in [3.63, 3.8) is 0 Å². The highest BCUT2D eigenvalue weighted by Crippen LogP contribution is 2.30. The van der Waals surface area contributed by atoms with Crippen LogP contribution in [0.2, 0.25) is 10.0 Å². The lowest BCUT2D eigenvalue weighted by molar-refractivity contribution is 0.102. The zero-order valence-corrected chi connectivity index (χ0v) is 15.6. The fourth-order valence-corrected chi connectivity index (χ4v) is 2.81. The van der Waals surface area contributed by atoms with Crippen LogP contribution in [0.5, 0.6) is 0 Å². The molecule has 0 spiro atoms. The van der Waals surface area contributed by atoms with Crippen molar-refractivity contribution in [3.8, 4) is 6.07 Å². The quantitative estimate of drug-likeness (QED) is 0.648. The first kappa shape index (κ1) is 18.6. The molecule has 0 aliphatic heterocycles. The molecule has 0 bridgehead atoms. The number of rotatable bonds is 4. The highest BCUT2D eigenvalue weighted by molar-refractivity contribution is 6.40. The Morgan fingerprint density at radius 3 is 2.37 bits per heavy atom. The van der Waals surface area contributed by atoms with E-state index < -0.39 is 5.91 Å². The molecular weight excluding hydrogens is 385 g/mol. The average molecular weight is 398 g/mol. The third kappa shape index (κ3) is 4.53. The van der Waals surface area contributed by atoms with E-state index in [1.807, 2.05) is 0 Å². The van der Waals surface area contributed by atoms with E-state index in [2.05, 4.69) is 26.7 Å². The summed E-state index contributed by atoms with van der Waals surface area (Å²) in [5, 5.41) is 15.3. The van der Waals surface area contributed by atoms with E-state index in [-0.39, 0.29) is 5.69 Å². The van der Waals surface area contributed by atoms with Crippen LogP contribution in [0.15, 0.2) is 48.5 Å². The van der Waals surface area contributed by atoms with Crippen LogP contribution in [-0.4, -0.2) is 15.9 Å². The maximum Gasteiger partial charge on any atom is 0.274 e. The molecule has 1 heterocycles. The van der Waals surface area contributed by atoms with Gasteiger partial charge in [0, 0.05) is 11.8 Å². The molecule has 2 N–H and O–H groups in total. The molecule has 27 heavy (non-hydrogen) atoms. The van der Waals surface area contributed by atoms with E-state index in [0.29, 0.717) is 32.9 Å². The number of benzene rings is 2. The van der Waals surface area contributed by atoms with Gasteiger partial charge < -0.3 is 10.6 Å². The topological polar surface area (TPSA) is 90.7 Å². The van der Waals surface area contributed by atoms with Crippen molar-refractivity contribution >= 4 is 46.3 Å². The summed E-state index contributed by atoms with van der Waals surface area (Å²) >= 11 is 12.2. The van der Waals surface area contributed by atoms with Crippen molar-refractivity contribution in [1.82, 2.24) is 9.97 Å². The van der Waals surface area contributed by atoms with E-state index >= 15 is 0 Å². The normalized spacial score (nSPS) is 10.1. The van der Waals surface area contributed by atoms with Gasteiger partial charge in [0.25, 0.3) is 5.91 Å². The molecular formula is C19H13Cl2N5O. The molecule has 0 atom stereocenters. The van der Waals surface area contributed by atoms with Crippen LogP contribution in [0.25, 0.3) is 0 Å². The molecule has 0 unspecified atom stereocenters. The number of anilines is 3. The molecule has 2 aromatic carbocycles. The molecule has 3 rings (SSSR count). The first-order valence-electron chi connectivity index (χ1n) is 7.84. The van der Waals surface area contributed by atoms with Crippen molar-refractivity contribution < 1.29 is 4.79 Å². The van der Waals surface area contributed by atoms with Gasteiger partial charge in [0.15, 0.2) is 0 Å². The molecule has 0 saturated carbocycles. The van der Waals surface area contributed by atoms with Gasteiger partial charge in [0.1, 0.15) is 17.3 Å². The second kappa shape index (κ2) is 8.04. The van der Waals surface area contributed by atoms with E-state index in [1.54, 1.807) is 49.4 Å². The minimum absolute atomic E-state index is 0.162. The summed E-state index contributed by atoms with van der Waals surface area (Å²) in [7, 11) is 0. The molecule has 0 saturated heterocycles. The van der Waals surface area contributed by atoms with Crippen LogP contribution in [0.4, 0.5) is 17.2 Å². The number of hydrogen-bond donors (Lipinski definition) is 2. The Kier molecular flexibility index (Phi) is 5.55. The first-order chi connectivity index (χ1) is 13.0. The van der Waals surface area contributed by atoms with Crippen LogP contribution in [0, 0.1) is 18.3 Å². The molecule has 6 nitrogen and oxygen atoms in total. The average Bonchev–Trinajstić information content (AvgIpc) is 2.65. The second-order valence-corrected chi connectivity index (χ2v) is 6.36. The van der Waals surface area contributed by atoms with Gasteiger partial charge in [-0.2, -0.15) is 5.26 Å². The number of aromatic nitrogens is 2. The fraction of sp³-hybridized carbons (Fsp3) is 0.0526. The molecule has 0 radical (unpaired) electrons. The minimum Gasteiger partial charge on any atom is -0.340 e. The lowest BCUT2D eigenvalue weighted by atomic mass is 10.2. The molecule has 0 fully saturated rings. The van der Waals surface area contributed by atoms with Crippen LogP contribution >= 0.6 is 23.2 Å². The Hall–Kier alpha value is -3.14. The number of carbonyl (C=O) groups excluding carboxylic acids is 1. The van der Waals surface area contributed by atoms with Crippen LogP contribution in [0.1, 0.15) is 21.9 Å². The number of nitrogens with one attached hydrogen (secondary N) is 2. The van der Waals surface area contributed by atoms with Crippen molar-refractivity contribution in [2.45, 2.75) is 6.92 Å². The lowest BCUT2D eigenvalue weighted by Crippen LogP contribution is -2.16. The summed E-state index contributed by atoms with van der Waals surface area (Å²) in [6, 6.07) is 15.4. The number of hydrogen-bond acceptors (Lipinski definition) is 5. The maximum absolute atomic E-state index is 12.6. The summed E-state index contributed by atoms with van der Waals surface area (Å²) < 4.78 is 0. The molecule has 1 aromatic heterocycles. The monoisotopic (exact) mass is 397 g/mol. The largest absolute Gasteiger partial charge is 0.340 e. The SMILES string of the molecule is Cc1nc(Nc2ccc(C#N)cc2)cc(C(=O)Nc2c(Cl)cccc2Cl)n1. The van der Waals surface area contributed by atoms with Crippen molar-refractivity contribution in [3.05, 3.63) is 75.7 Å². The van der Waals surface area contributed by atoms with Crippen molar-refractivity contribution in [2.24, 2.45) is 0 Å². The Bertz CT molecular complexity index is 1020. The number of nitrogens with zero attached hydrogens (tertiary/aromatic N) is 3. The molecule has 0 aliphatic rings. The van der Waals surface area contributed by atoms with Gasteiger partial charge in [-0.15, -0.1) is 0 Å². The van der Waals surface area contributed by atoms with Crippen LogP contribution < -0.4 is 10.6 Å². The number of para-hydroxylation sites is 1. The van der Waals surface area contributed by atoms with Crippen molar-refractivity contribution in [2.75, 3.05) is 10.6 Å². The van der Waals surface area contributed by atoms with Crippen LogP contribution in [0.3, 0.4) is 0 Å². The van der Waals surface area contributed by atoms with Gasteiger partial charge in [-0.3, -0.25) is 4.79 Å². The molecule has 134 valence electrons. The minimum atomic E-state index is -0.460. The highest BCUT2D eigenvalue weighted by atomic mass is 35.5. The molecule has 3 aromatic rings. The van der Waals surface area contributed by atoms with E-state index in [1.165, 1.54) is 6.07 Å². The summed E-state index contributed by atoms with van der Waals surface area (Å²) in [6.07, 6.45) is 0. The molecule has 1 amide bonds. The number of aryl methyl sites for hydroxylation is 1. The zero-order chi connectivity index (χ0) is 19.4. The zero-order valence-electron chi connectivity index (χ0n) is 14.1.